The number of primary amides is 1. The first-order valence-electron chi connectivity index (χ1n) is 11.8. The number of rotatable bonds is 8. The lowest BCUT2D eigenvalue weighted by Crippen LogP contribution is -2.45. The topological polar surface area (TPSA) is 84.6 Å². The van der Waals surface area contributed by atoms with E-state index in [0.29, 0.717) is 10.8 Å². The summed E-state index contributed by atoms with van der Waals surface area (Å²) in [6.07, 6.45) is -2.27. The number of carbonyl (C=O) groups is 1. The zero-order valence-corrected chi connectivity index (χ0v) is 21.4. The van der Waals surface area contributed by atoms with Crippen molar-refractivity contribution in [1.29, 1.82) is 0 Å². The van der Waals surface area contributed by atoms with E-state index in [1.54, 1.807) is 6.20 Å². The van der Waals surface area contributed by atoms with Gasteiger partial charge >= 0.3 is 6.18 Å². The number of hydrogen-bond donors (Lipinski definition) is 1. The van der Waals surface area contributed by atoms with Crippen LogP contribution in [0.5, 0.6) is 5.88 Å². The minimum absolute atomic E-state index is 0.245. The zero-order valence-electron chi connectivity index (χ0n) is 20.6. The molecule has 1 aliphatic heterocycles. The van der Waals surface area contributed by atoms with Gasteiger partial charge in [-0.15, -0.1) is 0 Å². The maximum atomic E-state index is 13.6. The second-order valence-electron chi connectivity index (χ2n) is 8.76. The van der Waals surface area contributed by atoms with Crippen LogP contribution in [0.15, 0.2) is 58.5 Å². The van der Waals surface area contributed by atoms with Crippen molar-refractivity contribution in [2.24, 2.45) is 5.73 Å². The van der Waals surface area contributed by atoms with Gasteiger partial charge in [0.25, 0.3) is 0 Å². The van der Waals surface area contributed by atoms with E-state index >= 15 is 0 Å². The molecule has 4 rings (SSSR count). The van der Waals surface area contributed by atoms with Crippen LogP contribution in [0.25, 0.3) is 0 Å². The van der Waals surface area contributed by atoms with E-state index in [4.69, 9.17) is 10.5 Å². The van der Waals surface area contributed by atoms with E-state index in [9.17, 15) is 18.0 Å². The summed E-state index contributed by atoms with van der Waals surface area (Å²) in [5, 5.41) is 0. The maximum Gasteiger partial charge on any atom is 0.417 e. The fourth-order valence-electron chi connectivity index (χ4n) is 3.93. The summed E-state index contributed by atoms with van der Waals surface area (Å²) in [7, 11) is 2.05. The summed E-state index contributed by atoms with van der Waals surface area (Å²) >= 11 is 1.03. The number of nitrogens with zero attached hydrogens (tertiary/aromatic N) is 4. The standard InChI is InChI=1S/C26H28F3N5O2S/c1-3-17-5-4-6-18(13-17)16-36-24-22(15-31-25(32-24)34-11-9-33(2)10-12-34)37-19-7-8-20(23(30)35)21(14-19)26(27,28)29/h4-8,13-15H,3,9-12,16H2,1-2H3,(H2,30,35). The van der Waals surface area contributed by atoms with Crippen molar-refractivity contribution in [3.8, 4) is 5.88 Å². The lowest BCUT2D eigenvalue weighted by molar-refractivity contribution is -0.138. The van der Waals surface area contributed by atoms with Crippen LogP contribution in [0.4, 0.5) is 19.1 Å². The molecule has 2 aromatic carbocycles. The Morgan fingerprint density at radius 1 is 1.11 bits per heavy atom. The summed E-state index contributed by atoms with van der Waals surface area (Å²) < 4.78 is 46.9. The molecule has 0 unspecified atom stereocenters. The first kappa shape index (κ1) is 26.7. The second-order valence-corrected chi connectivity index (χ2v) is 9.88. The van der Waals surface area contributed by atoms with E-state index in [-0.39, 0.29) is 17.4 Å². The van der Waals surface area contributed by atoms with Crippen molar-refractivity contribution in [3.63, 3.8) is 0 Å². The van der Waals surface area contributed by atoms with E-state index in [1.807, 2.05) is 24.3 Å². The van der Waals surface area contributed by atoms with Crippen LogP contribution in [-0.2, 0) is 19.2 Å². The van der Waals surface area contributed by atoms with Crippen LogP contribution in [0.1, 0.15) is 34.0 Å². The van der Waals surface area contributed by atoms with Gasteiger partial charge in [-0.05, 0) is 42.8 Å². The number of carbonyl (C=O) groups excluding carboxylic acids is 1. The number of nitrogens with two attached hydrogens (primary N) is 1. The lowest BCUT2D eigenvalue weighted by atomic mass is 10.1. The molecule has 2 heterocycles. The molecule has 1 amide bonds. The van der Waals surface area contributed by atoms with Crippen molar-refractivity contribution >= 4 is 23.6 Å². The predicted molar refractivity (Wildman–Crippen MR) is 136 cm³/mol. The minimum Gasteiger partial charge on any atom is -0.472 e. The highest BCUT2D eigenvalue weighted by Crippen LogP contribution is 2.39. The van der Waals surface area contributed by atoms with Crippen LogP contribution < -0.4 is 15.4 Å². The minimum atomic E-state index is -4.73. The third kappa shape index (κ3) is 6.72. The Morgan fingerprint density at radius 2 is 1.84 bits per heavy atom. The number of aromatic nitrogens is 2. The molecule has 0 bridgehead atoms. The molecular formula is C26H28F3N5O2S. The molecular weight excluding hydrogens is 503 g/mol. The van der Waals surface area contributed by atoms with Gasteiger partial charge in [0, 0.05) is 31.1 Å². The predicted octanol–water partition coefficient (Wildman–Crippen LogP) is 4.64. The monoisotopic (exact) mass is 531 g/mol. The maximum absolute atomic E-state index is 13.6. The van der Waals surface area contributed by atoms with Gasteiger partial charge in [-0.25, -0.2) is 4.98 Å². The first-order chi connectivity index (χ1) is 17.6. The number of aryl methyl sites for hydroxylation is 1. The van der Waals surface area contributed by atoms with Crippen LogP contribution in [0.2, 0.25) is 0 Å². The van der Waals surface area contributed by atoms with Crippen LogP contribution in [-0.4, -0.2) is 54.0 Å². The van der Waals surface area contributed by atoms with Gasteiger partial charge in [0.1, 0.15) is 6.61 Å². The van der Waals surface area contributed by atoms with Crippen molar-refractivity contribution in [3.05, 3.63) is 70.9 Å². The smallest absolute Gasteiger partial charge is 0.417 e. The van der Waals surface area contributed by atoms with Crippen LogP contribution in [0.3, 0.4) is 0 Å². The number of likely N-dealkylation sites (N-methyl/N-ethyl adjacent to an activating group) is 1. The van der Waals surface area contributed by atoms with E-state index in [1.165, 1.54) is 11.6 Å². The SMILES string of the molecule is CCc1cccc(COc2nc(N3CCN(C)CC3)ncc2Sc2ccc(C(N)=O)c(C(F)(F)F)c2)c1. The van der Waals surface area contributed by atoms with Gasteiger partial charge in [-0.3, -0.25) is 4.79 Å². The number of piperazine rings is 1. The van der Waals surface area contributed by atoms with Crippen molar-refractivity contribution in [1.82, 2.24) is 14.9 Å². The molecule has 0 radical (unpaired) electrons. The Kier molecular flexibility index (Phi) is 8.23. The zero-order chi connectivity index (χ0) is 26.6. The number of alkyl halides is 3. The van der Waals surface area contributed by atoms with Gasteiger partial charge in [-0.1, -0.05) is 43.0 Å². The van der Waals surface area contributed by atoms with Gasteiger partial charge in [0.2, 0.25) is 17.7 Å². The fraction of sp³-hybridized carbons (Fsp3) is 0.346. The van der Waals surface area contributed by atoms with E-state index in [0.717, 1.165) is 62.1 Å². The fourth-order valence-corrected chi connectivity index (χ4v) is 4.80. The summed E-state index contributed by atoms with van der Waals surface area (Å²) in [5.41, 5.74) is 5.62. The number of anilines is 1. The molecule has 2 N–H and O–H groups in total. The molecule has 37 heavy (non-hydrogen) atoms. The second kappa shape index (κ2) is 11.4. The normalized spacial score (nSPS) is 14.6. The summed E-state index contributed by atoms with van der Waals surface area (Å²) in [5.74, 6) is -0.347. The Labute approximate surface area is 217 Å². The summed E-state index contributed by atoms with van der Waals surface area (Å²) in [4.78, 5) is 25.7. The highest BCUT2D eigenvalue weighted by atomic mass is 32.2. The lowest BCUT2D eigenvalue weighted by Gasteiger charge is -2.32. The highest BCUT2D eigenvalue weighted by molar-refractivity contribution is 7.99. The average molecular weight is 532 g/mol. The average Bonchev–Trinajstić information content (AvgIpc) is 2.88. The molecule has 1 fully saturated rings. The van der Waals surface area contributed by atoms with Crippen LogP contribution >= 0.6 is 11.8 Å². The highest BCUT2D eigenvalue weighted by Gasteiger charge is 2.35. The summed E-state index contributed by atoms with van der Waals surface area (Å²) in [6, 6.07) is 11.4. The molecule has 0 aliphatic carbocycles. The number of halogens is 3. The van der Waals surface area contributed by atoms with E-state index in [2.05, 4.69) is 33.7 Å². The number of benzene rings is 2. The van der Waals surface area contributed by atoms with Gasteiger partial charge in [-0.2, -0.15) is 18.2 Å². The molecule has 1 aromatic heterocycles. The Bertz CT molecular complexity index is 1260. The number of amides is 1. The molecule has 3 aromatic rings. The molecule has 0 saturated carbocycles. The van der Waals surface area contributed by atoms with Crippen molar-refractivity contribution < 1.29 is 22.7 Å². The van der Waals surface area contributed by atoms with Gasteiger partial charge < -0.3 is 20.3 Å². The molecule has 196 valence electrons. The quantitative estimate of drug-likeness (QED) is 0.453. The third-order valence-electron chi connectivity index (χ3n) is 6.06. The van der Waals surface area contributed by atoms with Crippen molar-refractivity contribution in [2.75, 3.05) is 38.1 Å². The molecule has 0 spiro atoms. The molecule has 1 aliphatic rings. The Balaban J connectivity index is 1.65. The number of hydrogen-bond acceptors (Lipinski definition) is 7. The Morgan fingerprint density at radius 3 is 2.51 bits per heavy atom. The largest absolute Gasteiger partial charge is 0.472 e. The van der Waals surface area contributed by atoms with Crippen LogP contribution in [0, 0.1) is 0 Å². The van der Waals surface area contributed by atoms with Gasteiger partial charge in [0.05, 0.1) is 22.2 Å². The molecule has 11 heteroatoms. The van der Waals surface area contributed by atoms with E-state index < -0.39 is 23.2 Å². The van der Waals surface area contributed by atoms with Crippen molar-refractivity contribution in [2.45, 2.75) is 35.9 Å². The molecule has 1 saturated heterocycles. The first-order valence-corrected chi connectivity index (χ1v) is 12.7. The summed E-state index contributed by atoms with van der Waals surface area (Å²) in [6.45, 7) is 5.56. The third-order valence-corrected chi connectivity index (χ3v) is 7.05. The van der Waals surface area contributed by atoms with Gasteiger partial charge in [0.15, 0.2) is 0 Å². The molecule has 0 atom stereocenters. The Hall–Kier alpha value is -3.31. The molecule has 7 nitrogen and oxygen atoms in total. The number of ether oxygens (including phenoxy) is 1.